The zero-order valence-electron chi connectivity index (χ0n) is 7.02. The summed E-state index contributed by atoms with van der Waals surface area (Å²) in [6.45, 7) is 0.119. The number of nitrogens with zero attached hydrogens (tertiary/aromatic N) is 3. The highest BCUT2D eigenvalue weighted by Crippen LogP contribution is 2.08. The van der Waals surface area contributed by atoms with Crippen molar-refractivity contribution in [3.05, 3.63) is 34.1 Å². The Bertz CT molecular complexity index is 351. The molecule has 6 heteroatoms. The van der Waals surface area contributed by atoms with E-state index in [2.05, 4.69) is 15.3 Å². The topological polar surface area (TPSA) is 91.0 Å². The van der Waals surface area contributed by atoms with Crippen molar-refractivity contribution in [2.45, 2.75) is 6.54 Å². The lowest BCUT2D eigenvalue weighted by atomic mass is 10.4. The van der Waals surface area contributed by atoms with Gasteiger partial charge in [0.15, 0.2) is 5.76 Å². The highest BCUT2D eigenvalue weighted by atomic mass is 16.4. The van der Waals surface area contributed by atoms with Gasteiger partial charge in [0.05, 0.1) is 6.54 Å². The quantitative estimate of drug-likeness (QED) is 0.433. The molecule has 6 nitrogen and oxygen atoms in total. The van der Waals surface area contributed by atoms with Gasteiger partial charge in [-0.15, -0.1) is 0 Å². The molecule has 0 unspecified atom stereocenters. The van der Waals surface area contributed by atoms with Crippen LogP contribution in [0.3, 0.4) is 0 Å². The Hall–Kier alpha value is -1.94. The molecule has 0 aliphatic heterocycles. The molecule has 1 N–H and O–H groups in total. The van der Waals surface area contributed by atoms with Crippen LogP contribution in [0.2, 0.25) is 0 Å². The molecule has 0 aromatic carbocycles. The molecule has 1 aromatic heterocycles. The number of carbonyl (C=O) groups is 1. The summed E-state index contributed by atoms with van der Waals surface area (Å²) in [4.78, 5) is 13.6. The first-order valence-electron chi connectivity index (χ1n) is 3.59. The van der Waals surface area contributed by atoms with Gasteiger partial charge in [0, 0.05) is 12.0 Å². The molecular formula is C7H8N4O2. The van der Waals surface area contributed by atoms with E-state index in [9.17, 15) is 4.79 Å². The average molecular weight is 180 g/mol. The second kappa shape index (κ2) is 4.18. The first-order chi connectivity index (χ1) is 6.27. The summed E-state index contributed by atoms with van der Waals surface area (Å²) in [5, 5.41) is 5.71. The summed E-state index contributed by atoms with van der Waals surface area (Å²) in [7, 11) is 1.51. The van der Waals surface area contributed by atoms with Crippen molar-refractivity contribution in [1.29, 1.82) is 0 Å². The van der Waals surface area contributed by atoms with Crippen molar-refractivity contribution in [2.24, 2.45) is 5.11 Å². The van der Waals surface area contributed by atoms with E-state index in [1.807, 2.05) is 0 Å². The van der Waals surface area contributed by atoms with Crippen LogP contribution in [0.4, 0.5) is 0 Å². The third-order valence-corrected chi connectivity index (χ3v) is 1.40. The summed E-state index contributed by atoms with van der Waals surface area (Å²) >= 11 is 0. The summed E-state index contributed by atoms with van der Waals surface area (Å²) in [5.41, 5.74) is 8.03. The van der Waals surface area contributed by atoms with E-state index in [4.69, 9.17) is 9.95 Å². The van der Waals surface area contributed by atoms with E-state index < -0.39 is 0 Å². The van der Waals surface area contributed by atoms with Crippen LogP contribution in [-0.4, -0.2) is 13.0 Å². The van der Waals surface area contributed by atoms with Crippen LogP contribution in [0.5, 0.6) is 0 Å². The van der Waals surface area contributed by atoms with Crippen molar-refractivity contribution in [1.82, 2.24) is 5.32 Å². The number of amides is 1. The maximum atomic E-state index is 11.0. The van der Waals surface area contributed by atoms with Gasteiger partial charge >= 0.3 is 0 Å². The summed E-state index contributed by atoms with van der Waals surface area (Å²) < 4.78 is 5.06. The van der Waals surface area contributed by atoms with E-state index in [1.165, 1.54) is 13.1 Å². The van der Waals surface area contributed by atoms with Crippen LogP contribution in [-0.2, 0) is 6.54 Å². The minimum Gasteiger partial charge on any atom is -0.456 e. The molecule has 0 bridgehead atoms. The molecular weight excluding hydrogens is 172 g/mol. The molecule has 1 amide bonds. The molecule has 0 saturated carbocycles. The zero-order valence-corrected chi connectivity index (χ0v) is 7.02. The lowest BCUT2D eigenvalue weighted by Crippen LogP contribution is -2.16. The van der Waals surface area contributed by atoms with Gasteiger partial charge in [-0.2, -0.15) is 0 Å². The van der Waals surface area contributed by atoms with Crippen molar-refractivity contribution < 1.29 is 9.21 Å². The van der Waals surface area contributed by atoms with Gasteiger partial charge in [-0.05, 0) is 17.7 Å². The fourth-order valence-corrected chi connectivity index (χ4v) is 0.809. The number of nitrogens with one attached hydrogen (secondary N) is 1. The lowest BCUT2D eigenvalue weighted by molar-refractivity contribution is 0.0934. The number of carbonyl (C=O) groups excluding carboxylic acids is 1. The minimum atomic E-state index is -0.299. The molecule has 0 aliphatic rings. The average Bonchev–Trinajstić information content (AvgIpc) is 2.62. The fraction of sp³-hybridized carbons (Fsp3) is 0.286. The van der Waals surface area contributed by atoms with Crippen molar-refractivity contribution in [2.75, 3.05) is 7.05 Å². The standard InChI is InChI=1S/C7H8N4O2/c1-9-7(12)6-3-2-5(13-6)4-10-11-8/h2-3H,4H2,1H3,(H,9,12). The summed E-state index contributed by atoms with van der Waals surface area (Å²) in [5.74, 6) is 0.384. The number of rotatable bonds is 3. The third-order valence-electron chi connectivity index (χ3n) is 1.40. The van der Waals surface area contributed by atoms with Crippen molar-refractivity contribution in [3.63, 3.8) is 0 Å². The van der Waals surface area contributed by atoms with Gasteiger partial charge in [0.25, 0.3) is 5.91 Å². The first-order valence-corrected chi connectivity index (χ1v) is 3.59. The van der Waals surface area contributed by atoms with Crippen molar-refractivity contribution >= 4 is 5.91 Å². The third kappa shape index (κ3) is 2.25. The maximum Gasteiger partial charge on any atom is 0.286 e. The maximum absolute atomic E-state index is 11.0. The summed E-state index contributed by atoms with van der Waals surface area (Å²) in [6.07, 6.45) is 0. The molecule has 0 fully saturated rings. The predicted octanol–water partition coefficient (Wildman–Crippen LogP) is 1.45. The Labute approximate surface area is 74.2 Å². The van der Waals surface area contributed by atoms with Gasteiger partial charge in [-0.25, -0.2) is 0 Å². The molecule has 13 heavy (non-hydrogen) atoms. The monoisotopic (exact) mass is 180 g/mol. The second-order valence-electron chi connectivity index (χ2n) is 2.23. The molecule has 0 saturated heterocycles. The molecule has 0 radical (unpaired) electrons. The summed E-state index contributed by atoms with van der Waals surface area (Å²) in [6, 6.07) is 3.13. The molecule has 1 aromatic rings. The number of azide groups is 1. The van der Waals surface area contributed by atoms with E-state index in [-0.39, 0.29) is 18.2 Å². The molecule has 0 atom stereocenters. The van der Waals surface area contributed by atoms with Gasteiger partial charge in [0.2, 0.25) is 0 Å². The van der Waals surface area contributed by atoms with Crippen LogP contribution in [0, 0.1) is 0 Å². The zero-order chi connectivity index (χ0) is 9.68. The highest BCUT2D eigenvalue weighted by Gasteiger charge is 2.07. The normalized spacial score (nSPS) is 9.00. The number of hydrogen-bond donors (Lipinski definition) is 1. The lowest BCUT2D eigenvalue weighted by Gasteiger charge is -1.92. The largest absolute Gasteiger partial charge is 0.456 e. The van der Waals surface area contributed by atoms with Gasteiger partial charge in [0.1, 0.15) is 5.76 Å². The van der Waals surface area contributed by atoms with Crippen molar-refractivity contribution in [3.8, 4) is 0 Å². The second-order valence-corrected chi connectivity index (χ2v) is 2.23. The SMILES string of the molecule is CNC(=O)c1ccc(CN=[N+]=[N-])o1. The van der Waals surface area contributed by atoms with Crippen LogP contribution in [0.25, 0.3) is 10.4 Å². The molecule has 0 spiro atoms. The number of furan rings is 1. The van der Waals surface area contributed by atoms with Crippen LogP contribution >= 0.6 is 0 Å². The van der Waals surface area contributed by atoms with E-state index in [1.54, 1.807) is 6.07 Å². The minimum absolute atomic E-state index is 0.119. The molecule has 1 heterocycles. The van der Waals surface area contributed by atoms with Crippen LogP contribution < -0.4 is 5.32 Å². The van der Waals surface area contributed by atoms with E-state index >= 15 is 0 Å². The Balaban J connectivity index is 2.74. The van der Waals surface area contributed by atoms with Crippen LogP contribution in [0.15, 0.2) is 21.7 Å². The van der Waals surface area contributed by atoms with E-state index in [0.717, 1.165) is 0 Å². The molecule has 68 valence electrons. The molecule has 1 rings (SSSR count). The predicted molar refractivity (Wildman–Crippen MR) is 44.9 cm³/mol. The number of hydrogen-bond acceptors (Lipinski definition) is 3. The van der Waals surface area contributed by atoms with Gasteiger partial charge < -0.3 is 9.73 Å². The van der Waals surface area contributed by atoms with Crippen LogP contribution in [0.1, 0.15) is 16.3 Å². The fourth-order valence-electron chi connectivity index (χ4n) is 0.809. The molecule has 0 aliphatic carbocycles. The first kappa shape index (κ1) is 9.15. The Morgan fingerprint density at radius 2 is 2.54 bits per heavy atom. The van der Waals surface area contributed by atoms with E-state index in [0.29, 0.717) is 5.76 Å². The van der Waals surface area contributed by atoms with Gasteiger partial charge in [-0.1, -0.05) is 5.11 Å². The highest BCUT2D eigenvalue weighted by molar-refractivity contribution is 5.91. The Kier molecular flexibility index (Phi) is 2.94. The Morgan fingerprint density at radius 3 is 3.15 bits per heavy atom. The Morgan fingerprint density at radius 1 is 1.77 bits per heavy atom. The van der Waals surface area contributed by atoms with Gasteiger partial charge in [-0.3, -0.25) is 4.79 Å². The smallest absolute Gasteiger partial charge is 0.286 e.